The fourth-order valence-corrected chi connectivity index (χ4v) is 3.38. The Bertz CT molecular complexity index is 600. The first-order valence-electron chi connectivity index (χ1n) is 7.86. The van der Waals surface area contributed by atoms with Crippen LogP contribution in [-0.2, 0) is 20.7 Å². The number of likely N-dealkylation sites (tertiary alicyclic amines) is 1. The van der Waals surface area contributed by atoms with Crippen LogP contribution >= 0.6 is 0 Å². The lowest BCUT2D eigenvalue weighted by Gasteiger charge is -2.22. The lowest BCUT2D eigenvalue weighted by atomic mass is 9.81. The van der Waals surface area contributed by atoms with Crippen molar-refractivity contribution in [3.05, 3.63) is 29.8 Å². The number of amides is 1. The Morgan fingerprint density at radius 3 is 2.74 bits per heavy atom. The fraction of sp³-hybridized carbons (Fsp3) is 0.529. The van der Waals surface area contributed by atoms with Gasteiger partial charge in [0.1, 0.15) is 11.2 Å². The number of hydrogen-bond donors (Lipinski definition) is 1. The van der Waals surface area contributed by atoms with Crippen molar-refractivity contribution in [1.29, 1.82) is 0 Å². The number of nitrogens with zero attached hydrogens (tertiary/aromatic N) is 1. The molecule has 1 aromatic carbocycles. The summed E-state index contributed by atoms with van der Waals surface area (Å²) in [5.74, 6) is -0.230. The molecule has 1 amide bonds. The van der Waals surface area contributed by atoms with Gasteiger partial charge in [-0.3, -0.25) is 9.59 Å². The quantitative estimate of drug-likeness (QED) is 0.882. The van der Waals surface area contributed by atoms with Crippen molar-refractivity contribution in [1.82, 2.24) is 4.90 Å². The lowest BCUT2D eigenvalue weighted by Crippen LogP contribution is -2.40. The van der Waals surface area contributed by atoms with E-state index in [0.29, 0.717) is 19.8 Å². The van der Waals surface area contributed by atoms with Gasteiger partial charge in [0, 0.05) is 19.0 Å². The number of carboxylic acid groups (broad SMARTS) is 1. The number of ether oxygens (including phenoxy) is 2. The zero-order valence-electron chi connectivity index (χ0n) is 13.2. The molecule has 6 nitrogen and oxygen atoms in total. The molecule has 0 aromatic heterocycles. The second-order valence-corrected chi connectivity index (χ2v) is 6.20. The third-order valence-corrected chi connectivity index (χ3v) is 4.74. The van der Waals surface area contributed by atoms with Crippen LogP contribution in [-0.4, -0.2) is 54.8 Å². The minimum absolute atomic E-state index is 0.0378. The lowest BCUT2D eigenvalue weighted by molar-refractivity contribution is -0.149. The van der Waals surface area contributed by atoms with Crippen LogP contribution in [0.1, 0.15) is 12.5 Å². The van der Waals surface area contributed by atoms with Gasteiger partial charge < -0.3 is 19.5 Å². The highest BCUT2D eigenvalue weighted by Gasteiger charge is 2.57. The van der Waals surface area contributed by atoms with Crippen LogP contribution in [0.15, 0.2) is 24.3 Å². The van der Waals surface area contributed by atoms with Gasteiger partial charge in [0.25, 0.3) is 0 Å². The van der Waals surface area contributed by atoms with Gasteiger partial charge in [-0.1, -0.05) is 12.1 Å². The van der Waals surface area contributed by atoms with Crippen LogP contribution in [0.2, 0.25) is 0 Å². The summed E-state index contributed by atoms with van der Waals surface area (Å²) in [6.07, 6.45) is 0.273. The summed E-state index contributed by atoms with van der Waals surface area (Å²) in [7, 11) is 0. The number of carbonyl (C=O) groups excluding carboxylic acids is 1. The molecule has 2 saturated heterocycles. The van der Waals surface area contributed by atoms with Gasteiger partial charge in [-0.15, -0.1) is 0 Å². The predicted octanol–water partition coefficient (Wildman–Crippen LogP) is 1.19. The van der Waals surface area contributed by atoms with E-state index in [1.807, 2.05) is 31.2 Å². The van der Waals surface area contributed by atoms with E-state index in [4.69, 9.17) is 9.47 Å². The Balaban J connectivity index is 1.64. The van der Waals surface area contributed by atoms with Gasteiger partial charge in [0.15, 0.2) is 0 Å². The van der Waals surface area contributed by atoms with E-state index >= 15 is 0 Å². The molecule has 0 bridgehead atoms. The highest BCUT2D eigenvalue weighted by molar-refractivity contribution is 5.82. The van der Waals surface area contributed by atoms with Crippen LogP contribution in [0.3, 0.4) is 0 Å². The molecule has 2 aliphatic heterocycles. The van der Waals surface area contributed by atoms with Crippen molar-refractivity contribution >= 4 is 11.9 Å². The average Bonchev–Trinajstić information content (AvgIpc) is 3.07. The second-order valence-electron chi connectivity index (χ2n) is 6.20. The summed E-state index contributed by atoms with van der Waals surface area (Å²) in [5.41, 5.74) is -0.0229. The summed E-state index contributed by atoms with van der Waals surface area (Å²) in [6, 6.07) is 7.43. The summed E-state index contributed by atoms with van der Waals surface area (Å²) in [6.45, 7) is 3.83. The first kappa shape index (κ1) is 15.8. The molecule has 2 heterocycles. The zero-order chi connectivity index (χ0) is 16.4. The van der Waals surface area contributed by atoms with E-state index < -0.39 is 11.4 Å². The van der Waals surface area contributed by atoms with E-state index in [2.05, 4.69) is 0 Å². The van der Waals surface area contributed by atoms with E-state index in [9.17, 15) is 14.7 Å². The Labute approximate surface area is 135 Å². The van der Waals surface area contributed by atoms with Gasteiger partial charge in [-0.05, 0) is 24.6 Å². The first-order chi connectivity index (χ1) is 11.0. The number of benzene rings is 1. The predicted molar refractivity (Wildman–Crippen MR) is 82.3 cm³/mol. The second kappa shape index (κ2) is 6.20. The van der Waals surface area contributed by atoms with E-state index in [1.165, 1.54) is 0 Å². The molecule has 2 atom stereocenters. The molecule has 0 radical (unpaired) electrons. The maximum atomic E-state index is 12.5. The highest BCUT2D eigenvalue weighted by Crippen LogP contribution is 2.41. The topological polar surface area (TPSA) is 76.1 Å². The van der Waals surface area contributed by atoms with E-state index in [1.54, 1.807) is 4.90 Å². The Hall–Kier alpha value is -2.08. The van der Waals surface area contributed by atoms with Gasteiger partial charge in [-0.2, -0.15) is 0 Å². The summed E-state index contributed by atoms with van der Waals surface area (Å²) < 4.78 is 10.7. The summed E-state index contributed by atoms with van der Waals surface area (Å²) >= 11 is 0. The molecule has 2 aliphatic rings. The molecule has 0 aliphatic carbocycles. The zero-order valence-corrected chi connectivity index (χ0v) is 13.2. The maximum Gasteiger partial charge on any atom is 0.314 e. The first-order valence-corrected chi connectivity index (χ1v) is 7.86. The van der Waals surface area contributed by atoms with Crippen LogP contribution in [0.4, 0.5) is 0 Å². The largest absolute Gasteiger partial charge is 0.494 e. The minimum atomic E-state index is -0.922. The third kappa shape index (κ3) is 2.91. The standard InChI is InChI=1S/C17H21NO5/c1-2-23-14-5-3-12(4-6-14)7-15(19)18-8-13-9-22-11-17(13,10-18)16(20)21/h3-6,13H,2,7-11H2,1H3,(H,20,21)/t13-,17-/m1/s1. The van der Waals surface area contributed by atoms with Crippen molar-refractivity contribution in [2.24, 2.45) is 11.3 Å². The molecule has 1 N–H and O–H groups in total. The normalized spacial score (nSPS) is 26.1. The Kier molecular flexibility index (Phi) is 4.26. The molecule has 124 valence electrons. The molecule has 23 heavy (non-hydrogen) atoms. The molecule has 0 spiro atoms. The van der Waals surface area contributed by atoms with Gasteiger partial charge in [-0.25, -0.2) is 0 Å². The van der Waals surface area contributed by atoms with Gasteiger partial charge >= 0.3 is 5.97 Å². The molecular formula is C17H21NO5. The smallest absolute Gasteiger partial charge is 0.314 e. The summed E-state index contributed by atoms with van der Waals surface area (Å²) in [5, 5.41) is 9.51. The number of aliphatic carboxylic acids is 1. The number of carboxylic acids is 1. The maximum absolute atomic E-state index is 12.5. The fourth-order valence-electron chi connectivity index (χ4n) is 3.38. The summed E-state index contributed by atoms with van der Waals surface area (Å²) in [4.78, 5) is 25.7. The molecular weight excluding hydrogens is 298 g/mol. The van der Waals surface area contributed by atoms with Crippen molar-refractivity contribution in [3.8, 4) is 5.75 Å². The van der Waals surface area contributed by atoms with Crippen molar-refractivity contribution < 1.29 is 24.2 Å². The van der Waals surface area contributed by atoms with E-state index in [0.717, 1.165) is 11.3 Å². The van der Waals surface area contributed by atoms with Crippen molar-refractivity contribution in [2.75, 3.05) is 32.9 Å². The number of fused-ring (bicyclic) bond motifs is 1. The number of rotatable bonds is 5. The highest BCUT2D eigenvalue weighted by atomic mass is 16.5. The van der Waals surface area contributed by atoms with Crippen LogP contribution in [0.25, 0.3) is 0 Å². The minimum Gasteiger partial charge on any atom is -0.494 e. The van der Waals surface area contributed by atoms with Gasteiger partial charge in [0.05, 0.1) is 26.2 Å². The molecule has 3 rings (SSSR count). The molecule has 2 fully saturated rings. The molecule has 0 unspecified atom stereocenters. The van der Waals surface area contributed by atoms with Crippen molar-refractivity contribution in [2.45, 2.75) is 13.3 Å². The van der Waals surface area contributed by atoms with Crippen LogP contribution in [0, 0.1) is 11.3 Å². The van der Waals surface area contributed by atoms with E-state index in [-0.39, 0.29) is 31.4 Å². The monoisotopic (exact) mass is 319 g/mol. The Morgan fingerprint density at radius 2 is 2.13 bits per heavy atom. The van der Waals surface area contributed by atoms with Crippen LogP contribution in [0.5, 0.6) is 5.75 Å². The third-order valence-electron chi connectivity index (χ3n) is 4.74. The SMILES string of the molecule is CCOc1ccc(CC(=O)N2C[C@@H]3COC[C@]3(C(=O)O)C2)cc1. The van der Waals surface area contributed by atoms with Crippen LogP contribution < -0.4 is 4.74 Å². The van der Waals surface area contributed by atoms with Crippen molar-refractivity contribution in [3.63, 3.8) is 0 Å². The van der Waals surface area contributed by atoms with Gasteiger partial charge in [0.2, 0.25) is 5.91 Å². The Morgan fingerprint density at radius 1 is 1.39 bits per heavy atom. The number of carbonyl (C=O) groups is 2. The number of hydrogen-bond acceptors (Lipinski definition) is 4. The average molecular weight is 319 g/mol. The molecule has 6 heteroatoms. The molecule has 1 aromatic rings. The molecule has 0 saturated carbocycles.